The average Bonchev–Trinajstić information content (AvgIpc) is 3.30. The number of rotatable bonds is 6. The SMILES string of the molecule is O=P(c1ccccc1)(c1ccccc1)[C@@H](Nc1cccc(Cl)c1Cl)c1ccco1. The van der Waals surface area contributed by atoms with E-state index in [0.29, 0.717) is 21.5 Å². The summed E-state index contributed by atoms with van der Waals surface area (Å²) in [4.78, 5) is 0. The second-order valence-electron chi connectivity index (χ2n) is 6.49. The van der Waals surface area contributed by atoms with Crippen LogP contribution in [0.4, 0.5) is 5.69 Å². The largest absolute Gasteiger partial charge is 0.467 e. The zero-order chi connectivity index (χ0) is 20.3. The topological polar surface area (TPSA) is 42.2 Å². The highest BCUT2D eigenvalue weighted by molar-refractivity contribution is 7.79. The van der Waals surface area contributed by atoms with E-state index in [1.54, 1.807) is 24.5 Å². The first-order valence-corrected chi connectivity index (χ1v) is 11.6. The summed E-state index contributed by atoms with van der Waals surface area (Å²) in [6, 6.07) is 27.8. The number of hydrogen-bond acceptors (Lipinski definition) is 3. The number of halogens is 2. The summed E-state index contributed by atoms with van der Waals surface area (Å²) in [5, 5.41) is 5.59. The van der Waals surface area contributed by atoms with Crippen molar-refractivity contribution in [3.05, 3.63) is 113 Å². The van der Waals surface area contributed by atoms with Gasteiger partial charge in [0.05, 0.1) is 22.0 Å². The first kappa shape index (κ1) is 19.8. The second kappa shape index (κ2) is 8.51. The van der Waals surface area contributed by atoms with Gasteiger partial charge in [-0.05, 0) is 24.3 Å². The Balaban J connectivity index is 1.93. The fourth-order valence-corrected chi connectivity index (χ4v) is 6.60. The summed E-state index contributed by atoms with van der Waals surface area (Å²) >= 11 is 12.6. The van der Waals surface area contributed by atoms with E-state index in [4.69, 9.17) is 27.6 Å². The molecule has 0 saturated heterocycles. The Morgan fingerprint density at radius 1 is 0.759 bits per heavy atom. The molecule has 3 aromatic carbocycles. The Labute approximate surface area is 179 Å². The van der Waals surface area contributed by atoms with Crippen LogP contribution in [0.1, 0.15) is 11.5 Å². The van der Waals surface area contributed by atoms with Gasteiger partial charge in [-0.25, -0.2) is 0 Å². The number of furan rings is 1. The summed E-state index contributed by atoms with van der Waals surface area (Å²) < 4.78 is 20.5. The van der Waals surface area contributed by atoms with Crippen molar-refractivity contribution in [1.29, 1.82) is 0 Å². The molecule has 29 heavy (non-hydrogen) atoms. The third kappa shape index (κ3) is 3.86. The molecule has 1 aromatic heterocycles. The quantitative estimate of drug-likeness (QED) is 0.338. The molecule has 0 saturated carbocycles. The molecule has 0 aliphatic carbocycles. The first-order valence-electron chi connectivity index (χ1n) is 9.05. The van der Waals surface area contributed by atoms with E-state index in [-0.39, 0.29) is 0 Å². The standard InChI is InChI=1S/C23H18Cl2NO2P/c24-19-13-7-14-20(22(19)25)26-23(21-15-8-16-28-21)29(27,17-9-3-1-4-10-17)18-11-5-2-6-12-18/h1-16,23,26H/t23-/m1/s1. The molecular weight excluding hydrogens is 424 g/mol. The van der Waals surface area contributed by atoms with Gasteiger partial charge in [0.25, 0.3) is 0 Å². The molecular formula is C23H18Cl2NO2P. The van der Waals surface area contributed by atoms with E-state index in [1.807, 2.05) is 72.8 Å². The van der Waals surface area contributed by atoms with E-state index >= 15 is 0 Å². The Kier molecular flexibility index (Phi) is 5.82. The Hall–Kier alpha value is -2.45. The summed E-state index contributed by atoms with van der Waals surface area (Å²) in [7, 11) is -3.23. The third-order valence-electron chi connectivity index (χ3n) is 4.70. The molecule has 0 radical (unpaired) electrons. The van der Waals surface area contributed by atoms with Crippen LogP contribution < -0.4 is 15.9 Å². The minimum absolute atomic E-state index is 0.374. The van der Waals surface area contributed by atoms with E-state index in [0.717, 1.165) is 10.6 Å². The maximum Gasteiger partial charge on any atom is 0.171 e. The van der Waals surface area contributed by atoms with Crippen LogP contribution in [-0.2, 0) is 4.57 Å². The number of nitrogens with one attached hydrogen (secondary N) is 1. The zero-order valence-electron chi connectivity index (χ0n) is 15.3. The van der Waals surface area contributed by atoms with Gasteiger partial charge in [-0.3, -0.25) is 0 Å². The molecule has 0 aliphatic heterocycles. The molecule has 1 heterocycles. The number of anilines is 1. The van der Waals surface area contributed by atoms with E-state index < -0.39 is 12.9 Å². The molecule has 4 aromatic rings. The van der Waals surface area contributed by atoms with Gasteiger partial charge < -0.3 is 14.3 Å². The second-order valence-corrected chi connectivity index (χ2v) is 10.1. The molecule has 6 heteroatoms. The summed E-state index contributed by atoms with van der Waals surface area (Å²) in [5.41, 5.74) is 0.590. The monoisotopic (exact) mass is 441 g/mol. The number of hydrogen-bond donors (Lipinski definition) is 1. The van der Waals surface area contributed by atoms with Gasteiger partial charge in [0.2, 0.25) is 0 Å². The molecule has 1 atom stereocenters. The van der Waals surface area contributed by atoms with Crippen LogP contribution in [0.15, 0.2) is 102 Å². The molecule has 3 nitrogen and oxygen atoms in total. The van der Waals surface area contributed by atoms with Crippen LogP contribution in [0.3, 0.4) is 0 Å². The van der Waals surface area contributed by atoms with Gasteiger partial charge in [-0.2, -0.15) is 0 Å². The van der Waals surface area contributed by atoms with E-state index in [1.165, 1.54) is 0 Å². The van der Waals surface area contributed by atoms with Crippen LogP contribution in [-0.4, -0.2) is 0 Å². The lowest BCUT2D eigenvalue weighted by Gasteiger charge is -2.29. The minimum atomic E-state index is -3.23. The van der Waals surface area contributed by atoms with Gasteiger partial charge in [0.15, 0.2) is 7.14 Å². The predicted molar refractivity (Wildman–Crippen MR) is 121 cm³/mol. The van der Waals surface area contributed by atoms with Crippen molar-refractivity contribution >= 4 is 46.6 Å². The summed E-state index contributed by atoms with van der Waals surface area (Å²) in [6.07, 6.45) is 1.57. The molecule has 1 N–H and O–H groups in total. The fourth-order valence-electron chi connectivity index (χ4n) is 3.30. The van der Waals surface area contributed by atoms with Crippen molar-refractivity contribution in [3.8, 4) is 0 Å². The normalized spacial score (nSPS) is 12.5. The van der Waals surface area contributed by atoms with Crippen LogP contribution in [0.2, 0.25) is 10.0 Å². The highest BCUT2D eigenvalue weighted by atomic mass is 35.5. The van der Waals surface area contributed by atoms with Crippen molar-refractivity contribution < 1.29 is 8.98 Å². The predicted octanol–water partition coefficient (Wildman–Crippen LogP) is 6.71. The third-order valence-corrected chi connectivity index (χ3v) is 8.76. The Bertz CT molecular complexity index is 1090. The van der Waals surface area contributed by atoms with Gasteiger partial charge in [-0.15, -0.1) is 0 Å². The van der Waals surface area contributed by atoms with Crippen LogP contribution in [0, 0.1) is 0 Å². The minimum Gasteiger partial charge on any atom is -0.467 e. The Morgan fingerprint density at radius 2 is 1.38 bits per heavy atom. The summed E-state index contributed by atoms with van der Waals surface area (Å²) in [6.45, 7) is 0. The van der Waals surface area contributed by atoms with Crippen LogP contribution in [0.25, 0.3) is 0 Å². The Morgan fingerprint density at radius 3 is 1.93 bits per heavy atom. The van der Waals surface area contributed by atoms with Gasteiger partial charge in [0.1, 0.15) is 11.5 Å². The average molecular weight is 442 g/mol. The van der Waals surface area contributed by atoms with Gasteiger partial charge >= 0.3 is 0 Å². The van der Waals surface area contributed by atoms with E-state index in [9.17, 15) is 4.57 Å². The molecule has 146 valence electrons. The molecule has 0 fully saturated rings. The molecule has 4 rings (SSSR count). The summed E-state index contributed by atoms with van der Waals surface area (Å²) in [5.74, 6) is -0.115. The number of benzene rings is 3. The van der Waals surface area contributed by atoms with Gasteiger partial charge in [-0.1, -0.05) is 89.9 Å². The van der Waals surface area contributed by atoms with Crippen molar-refractivity contribution in [2.75, 3.05) is 5.32 Å². The smallest absolute Gasteiger partial charge is 0.171 e. The van der Waals surface area contributed by atoms with Crippen molar-refractivity contribution in [2.45, 2.75) is 5.78 Å². The fraction of sp³-hybridized carbons (Fsp3) is 0.0435. The molecule has 0 spiro atoms. The lowest BCUT2D eigenvalue weighted by atomic mass is 10.3. The highest BCUT2D eigenvalue weighted by Crippen LogP contribution is 2.57. The molecule has 0 bridgehead atoms. The maximum atomic E-state index is 14.8. The van der Waals surface area contributed by atoms with Crippen LogP contribution in [0.5, 0.6) is 0 Å². The van der Waals surface area contributed by atoms with Crippen molar-refractivity contribution in [2.24, 2.45) is 0 Å². The van der Waals surface area contributed by atoms with Gasteiger partial charge in [0, 0.05) is 10.6 Å². The lowest BCUT2D eigenvalue weighted by molar-refractivity contribution is 0.504. The highest BCUT2D eigenvalue weighted by Gasteiger charge is 2.40. The molecule has 0 aliphatic rings. The van der Waals surface area contributed by atoms with Crippen LogP contribution >= 0.6 is 30.3 Å². The van der Waals surface area contributed by atoms with Crippen molar-refractivity contribution in [1.82, 2.24) is 0 Å². The molecule has 0 amide bonds. The maximum absolute atomic E-state index is 14.8. The zero-order valence-corrected chi connectivity index (χ0v) is 17.7. The lowest BCUT2D eigenvalue weighted by Crippen LogP contribution is -2.25. The van der Waals surface area contributed by atoms with E-state index in [2.05, 4.69) is 5.32 Å². The molecule has 0 unspecified atom stereocenters. The van der Waals surface area contributed by atoms with Crippen molar-refractivity contribution in [3.63, 3.8) is 0 Å². The first-order chi connectivity index (χ1) is 14.1.